The Morgan fingerprint density at radius 2 is 1.94 bits per heavy atom. The third kappa shape index (κ3) is 1.62. The first kappa shape index (κ1) is 9.27. The number of benzene rings is 1. The second-order valence-corrected chi connectivity index (χ2v) is 3.96. The zero-order valence-electron chi connectivity index (χ0n) is 8.59. The smallest absolute Gasteiger partial charge is 0.247 e. The lowest BCUT2D eigenvalue weighted by atomic mass is 10.1. The molecule has 1 aliphatic carbocycles. The molecular weight excluding hydrogens is 204 g/mol. The van der Waals surface area contributed by atoms with Crippen LogP contribution in [-0.4, -0.2) is 16.5 Å². The van der Waals surface area contributed by atoms with E-state index in [1.54, 1.807) is 12.1 Å². The van der Waals surface area contributed by atoms with E-state index in [1.165, 1.54) is 0 Å². The standard InChI is InChI=1S/C12H10N2O2/c15-7-8-1-3-9(4-2-8)11-13-14-12(16-11)10-5-6-10/h1-4,7,10H,5-6H2. The van der Waals surface area contributed by atoms with Crippen LogP contribution in [-0.2, 0) is 0 Å². The summed E-state index contributed by atoms with van der Waals surface area (Å²) in [6.07, 6.45) is 3.10. The molecule has 4 nitrogen and oxygen atoms in total. The number of carbonyl (C=O) groups excluding carboxylic acids is 1. The van der Waals surface area contributed by atoms with Gasteiger partial charge in [-0.25, -0.2) is 0 Å². The van der Waals surface area contributed by atoms with Crippen LogP contribution in [0.3, 0.4) is 0 Å². The van der Waals surface area contributed by atoms with Crippen LogP contribution in [0.5, 0.6) is 0 Å². The van der Waals surface area contributed by atoms with Crippen LogP contribution in [0.15, 0.2) is 28.7 Å². The molecule has 0 aliphatic heterocycles. The summed E-state index contributed by atoms with van der Waals surface area (Å²) < 4.78 is 5.56. The molecule has 4 heteroatoms. The van der Waals surface area contributed by atoms with E-state index in [2.05, 4.69) is 10.2 Å². The van der Waals surface area contributed by atoms with E-state index in [0.717, 1.165) is 30.6 Å². The summed E-state index contributed by atoms with van der Waals surface area (Å²) in [5.41, 5.74) is 1.50. The first-order valence-corrected chi connectivity index (χ1v) is 5.26. The average Bonchev–Trinajstić information content (AvgIpc) is 3.08. The van der Waals surface area contributed by atoms with Gasteiger partial charge in [-0.2, -0.15) is 0 Å². The number of nitrogens with zero attached hydrogens (tertiary/aromatic N) is 2. The number of aldehydes is 1. The first-order chi connectivity index (χ1) is 7.86. The lowest BCUT2D eigenvalue weighted by molar-refractivity contribution is 0.112. The molecule has 0 bridgehead atoms. The summed E-state index contributed by atoms with van der Waals surface area (Å²) in [5, 5.41) is 8.01. The zero-order chi connectivity index (χ0) is 11.0. The van der Waals surface area contributed by atoms with Crippen LogP contribution in [0.4, 0.5) is 0 Å². The third-order valence-corrected chi connectivity index (χ3v) is 2.66. The van der Waals surface area contributed by atoms with E-state index in [-0.39, 0.29) is 0 Å². The van der Waals surface area contributed by atoms with Gasteiger partial charge in [-0.3, -0.25) is 4.79 Å². The fourth-order valence-electron chi connectivity index (χ4n) is 1.55. The highest BCUT2D eigenvalue weighted by Gasteiger charge is 2.29. The second-order valence-electron chi connectivity index (χ2n) is 3.96. The molecule has 1 fully saturated rings. The maximum atomic E-state index is 10.5. The molecule has 0 amide bonds. The number of hydrogen-bond donors (Lipinski definition) is 0. The molecule has 0 saturated heterocycles. The van der Waals surface area contributed by atoms with Gasteiger partial charge in [0.2, 0.25) is 11.8 Å². The quantitative estimate of drug-likeness (QED) is 0.736. The van der Waals surface area contributed by atoms with E-state index in [0.29, 0.717) is 17.4 Å². The molecule has 0 radical (unpaired) electrons. The Morgan fingerprint density at radius 3 is 2.56 bits per heavy atom. The Hall–Kier alpha value is -1.97. The molecule has 3 rings (SSSR count). The largest absolute Gasteiger partial charge is 0.420 e. The Balaban J connectivity index is 1.91. The second kappa shape index (κ2) is 3.56. The van der Waals surface area contributed by atoms with Gasteiger partial charge in [-0.15, -0.1) is 10.2 Å². The molecule has 1 heterocycles. The van der Waals surface area contributed by atoms with E-state index in [1.807, 2.05) is 12.1 Å². The van der Waals surface area contributed by atoms with Gasteiger partial charge in [-0.1, -0.05) is 12.1 Å². The van der Waals surface area contributed by atoms with Gasteiger partial charge in [0.15, 0.2) is 0 Å². The van der Waals surface area contributed by atoms with Crippen LogP contribution >= 0.6 is 0 Å². The molecule has 0 N–H and O–H groups in total. The maximum Gasteiger partial charge on any atom is 0.247 e. The molecular formula is C12H10N2O2. The molecule has 0 unspecified atom stereocenters. The van der Waals surface area contributed by atoms with Crippen molar-refractivity contribution in [1.29, 1.82) is 0 Å². The van der Waals surface area contributed by atoms with Gasteiger partial charge in [0.25, 0.3) is 0 Å². The van der Waals surface area contributed by atoms with Crippen molar-refractivity contribution in [3.8, 4) is 11.5 Å². The number of rotatable bonds is 3. The monoisotopic (exact) mass is 214 g/mol. The van der Waals surface area contributed by atoms with E-state index in [9.17, 15) is 4.79 Å². The van der Waals surface area contributed by atoms with Crippen molar-refractivity contribution in [2.24, 2.45) is 0 Å². The Kier molecular flexibility index (Phi) is 2.06. The van der Waals surface area contributed by atoms with E-state index < -0.39 is 0 Å². The highest BCUT2D eigenvalue weighted by molar-refractivity contribution is 5.75. The predicted octanol–water partition coefficient (Wildman–Crippen LogP) is 2.43. The lowest BCUT2D eigenvalue weighted by Gasteiger charge is -1.94. The summed E-state index contributed by atoms with van der Waals surface area (Å²) in [5.74, 6) is 1.73. The highest BCUT2D eigenvalue weighted by Crippen LogP contribution is 2.39. The zero-order valence-corrected chi connectivity index (χ0v) is 8.59. The summed E-state index contributed by atoms with van der Waals surface area (Å²) in [6, 6.07) is 7.11. The molecule has 2 aromatic rings. The molecule has 1 aliphatic rings. The van der Waals surface area contributed by atoms with Gasteiger partial charge < -0.3 is 4.42 Å². The summed E-state index contributed by atoms with van der Waals surface area (Å²) >= 11 is 0. The fourth-order valence-corrected chi connectivity index (χ4v) is 1.55. The van der Waals surface area contributed by atoms with Crippen LogP contribution in [0.1, 0.15) is 35.0 Å². The molecule has 1 aromatic carbocycles. The van der Waals surface area contributed by atoms with Crippen molar-refractivity contribution in [2.75, 3.05) is 0 Å². The lowest BCUT2D eigenvalue weighted by Crippen LogP contribution is -1.81. The van der Waals surface area contributed by atoms with Crippen LogP contribution in [0.25, 0.3) is 11.5 Å². The molecule has 1 aromatic heterocycles. The van der Waals surface area contributed by atoms with E-state index in [4.69, 9.17) is 4.42 Å². The molecule has 0 atom stereocenters. The van der Waals surface area contributed by atoms with Gasteiger partial charge in [-0.05, 0) is 25.0 Å². The van der Waals surface area contributed by atoms with Crippen LogP contribution in [0, 0.1) is 0 Å². The Morgan fingerprint density at radius 1 is 1.19 bits per heavy atom. The molecule has 1 saturated carbocycles. The summed E-state index contributed by atoms with van der Waals surface area (Å²) in [6.45, 7) is 0. The van der Waals surface area contributed by atoms with Crippen molar-refractivity contribution in [3.63, 3.8) is 0 Å². The van der Waals surface area contributed by atoms with Crippen molar-refractivity contribution in [1.82, 2.24) is 10.2 Å². The Bertz CT molecular complexity index is 512. The van der Waals surface area contributed by atoms with Gasteiger partial charge in [0.1, 0.15) is 6.29 Å². The van der Waals surface area contributed by atoms with Crippen LogP contribution < -0.4 is 0 Å². The third-order valence-electron chi connectivity index (χ3n) is 2.66. The SMILES string of the molecule is O=Cc1ccc(-c2nnc(C3CC3)o2)cc1. The van der Waals surface area contributed by atoms with Crippen molar-refractivity contribution < 1.29 is 9.21 Å². The van der Waals surface area contributed by atoms with E-state index >= 15 is 0 Å². The minimum atomic E-state index is 0.468. The summed E-state index contributed by atoms with van der Waals surface area (Å²) in [4.78, 5) is 10.5. The topological polar surface area (TPSA) is 56.0 Å². The van der Waals surface area contributed by atoms with Gasteiger partial charge in [0.05, 0.1) is 0 Å². The van der Waals surface area contributed by atoms with Crippen molar-refractivity contribution in [3.05, 3.63) is 35.7 Å². The summed E-state index contributed by atoms with van der Waals surface area (Å²) in [7, 11) is 0. The molecule has 0 spiro atoms. The molecule has 80 valence electrons. The minimum Gasteiger partial charge on any atom is -0.420 e. The predicted molar refractivity (Wildman–Crippen MR) is 57.1 cm³/mol. The number of hydrogen-bond acceptors (Lipinski definition) is 4. The number of carbonyl (C=O) groups is 1. The average molecular weight is 214 g/mol. The normalized spacial score (nSPS) is 15.0. The Labute approximate surface area is 92.3 Å². The maximum absolute atomic E-state index is 10.5. The van der Waals surface area contributed by atoms with Gasteiger partial charge >= 0.3 is 0 Å². The first-order valence-electron chi connectivity index (χ1n) is 5.26. The highest BCUT2D eigenvalue weighted by atomic mass is 16.4. The minimum absolute atomic E-state index is 0.468. The fraction of sp³-hybridized carbons (Fsp3) is 0.250. The van der Waals surface area contributed by atoms with Crippen molar-refractivity contribution in [2.45, 2.75) is 18.8 Å². The van der Waals surface area contributed by atoms with Crippen molar-refractivity contribution >= 4 is 6.29 Å². The number of aromatic nitrogens is 2. The van der Waals surface area contributed by atoms with Gasteiger partial charge in [0, 0.05) is 17.0 Å². The molecule has 16 heavy (non-hydrogen) atoms. The van der Waals surface area contributed by atoms with Crippen LogP contribution in [0.2, 0.25) is 0 Å².